The summed E-state index contributed by atoms with van der Waals surface area (Å²) in [7, 11) is 0. The SMILES string of the molecule is C[C@H]1CCc2c(sc3ncnc(N4CCNC(=O)C[C@H]4c4ccccc4)c23)C1. The van der Waals surface area contributed by atoms with E-state index in [1.165, 1.54) is 22.2 Å². The smallest absolute Gasteiger partial charge is 0.222 e. The van der Waals surface area contributed by atoms with Crippen LogP contribution in [0.1, 0.15) is 41.8 Å². The van der Waals surface area contributed by atoms with Gasteiger partial charge in [0.1, 0.15) is 17.0 Å². The molecule has 2 atom stereocenters. The fourth-order valence-corrected chi connectivity index (χ4v) is 5.88. The van der Waals surface area contributed by atoms with Gasteiger partial charge in [0, 0.05) is 18.0 Å². The number of aryl methyl sites for hydroxylation is 1. The molecule has 2 aromatic heterocycles. The lowest BCUT2D eigenvalue weighted by atomic mass is 9.89. The lowest BCUT2D eigenvalue weighted by molar-refractivity contribution is -0.121. The van der Waals surface area contributed by atoms with Crippen LogP contribution in [0, 0.1) is 5.92 Å². The Morgan fingerprint density at radius 3 is 2.89 bits per heavy atom. The van der Waals surface area contributed by atoms with Crippen molar-refractivity contribution in [3.63, 3.8) is 0 Å². The van der Waals surface area contributed by atoms with Gasteiger partial charge in [0.05, 0.1) is 17.8 Å². The van der Waals surface area contributed by atoms with E-state index in [1.807, 2.05) is 29.5 Å². The number of nitrogens with one attached hydrogen (secondary N) is 1. The number of carbonyl (C=O) groups is 1. The average Bonchev–Trinajstić information content (AvgIpc) is 2.96. The quantitative estimate of drug-likeness (QED) is 0.719. The van der Waals surface area contributed by atoms with Crippen molar-refractivity contribution in [2.75, 3.05) is 18.0 Å². The van der Waals surface area contributed by atoms with Crippen LogP contribution in [0.5, 0.6) is 0 Å². The van der Waals surface area contributed by atoms with Crippen molar-refractivity contribution in [1.82, 2.24) is 15.3 Å². The van der Waals surface area contributed by atoms with E-state index in [1.54, 1.807) is 6.33 Å². The van der Waals surface area contributed by atoms with Crippen molar-refractivity contribution in [3.8, 4) is 0 Å². The second-order valence-electron chi connectivity index (χ2n) is 7.90. The number of amides is 1. The summed E-state index contributed by atoms with van der Waals surface area (Å²) in [5, 5.41) is 4.25. The minimum atomic E-state index is -0.0140. The number of aromatic nitrogens is 2. The summed E-state index contributed by atoms with van der Waals surface area (Å²) in [6.07, 6.45) is 5.58. The molecule has 1 aliphatic carbocycles. The molecule has 2 aliphatic rings. The Bertz CT molecular complexity index is 1020. The zero-order valence-corrected chi connectivity index (χ0v) is 16.8. The highest BCUT2D eigenvalue weighted by molar-refractivity contribution is 7.19. The maximum atomic E-state index is 12.4. The maximum Gasteiger partial charge on any atom is 0.222 e. The summed E-state index contributed by atoms with van der Waals surface area (Å²) in [6, 6.07) is 10.3. The molecule has 28 heavy (non-hydrogen) atoms. The van der Waals surface area contributed by atoms with Gasteiger partial charge >= 0.3 is 0 Å². The molecule has 0 radical (unpaired) electrons. The van der Waals surface area contributed by atoms with Crippen molar-refractivity contribution >= 4 is 33.3 Å². The molecule has 0 spiro atoms. The Hall–Kier alpha value is -2.47. The van der Waals surface area contributed by atoms with E-state index in [2.05, 4.69) is 34.3 Å². The lowest BCUT2D eigenvalue weighted by Crippen LogP contribution is -2.32. The van der Waals surface area contributed by atoms with Crippen molar-refractivity contribution in [3.05, 3.63) is 52.7 Å². The highest BCUT2D eigenvalue weighted by atomic mass is 32.1. The van der Waals surface area contributed by atoms with Gasteiger partial charge in [-0.15, -0.1) is 11.3 Å². The van der Waals surface area contributed by atoms with Gasteiger partial charge in [0.2, 0.25) is 5.91 Å². The molecule has 0 unspecified atom stereocenters. The first-order chi connectivity index (χ1) is 13.7. The molecule has 0 saturated carbocycles. The van der Waals surface area contributed by atoms with E-state index in [0.29, 0.717) is 13.0 Å². The van der Waals surface area contributed by atoms with E-state index >= 15 is 0 Å². The van der Waals surface area contributed by atoms with Crippen LogP contribution in [0.2, 0.25) is 0 Å². The number of hydrogen-bond donors (Lipinski definition) is 1. The predicted molar refractivity (Wildman–Crippen MR) is 113 cm³/mol. The number of thiophene rings is 1. The molecule has 0 bridgehead atoms. The van der Waals surface area contributed by atoms with Crippen LogP contribution < -0.4 is 10.2 Å². The zero-order valence-electron chi connectivity index (χ0n) is 16.0. The first kappa shape index (κ1) is 17.6. The minimum Gasteiger partial charge on any atom is -0.354 e. The van der Waals surface area contributed by atoms with Crippen LogP contribution in [0.3, 0.4) is 0 Å². The average molecular weight is 393 g/mol. The molecular weight excluding hydrogens is 368 g/mol. The molecule has 6 heteroatoms. The van der Waals surface area contributed by atoms with E-state index in [4.69, 9.17) is 4.98 Å². The number of anilines is 1. The summed E-state index contributed by atoms with van der Waals surface area (Å²) >= 11 is 1.82. The molecule has 144 valence electrons. The van der Waals surface area contributed by atoms with Gasteiger partial charge in [0.25, 0.3) is 0 Å². The summed E-state index contributed by atoms with van der Waals surface area (Å²) in [5.74, 6) is 1.82. The van der Waals surface area contributed by atoms with E-state index < -0.39 is 0 Å². The maximum absolute atomic E-state index is 12.4. The summed E-state index contributed by atoms with van der Waals surface area (Å²) < 4.78 is 0. The van der Waals surface area contributed by atoms with Gasteiger partial charge < -0.3 is 10.2 Å². The highest BCUT2D eigenvalue weighted by Gasteiger charge is 2.31. The lowest BCUT2D eigenvalue weighted by Gasteiger charge is -2.31. The monoisotopic (exact) mass is 392 g/mol. The highest BCUT2D eigenvalue weighted by Crippen LogP contribution is 2.42. The van der Waals surface area contributed by atoms with Crippen molar-refractivity contribution in [2.45, 2.75) is 38.6 Å². The fraction of sp³-hybridized carbons (Fsp3) is 0.409. The summed E-state index contributed by atoms with van der Waals surface area (Å²) in [6.45, 7) is 3.72. The molecule has 1 fully saturated rings. The van der Waals surface area contributed by atoms with Gasteiger partial charge in [-0.05, 0) is 36.3 Å². The number of hydrogen-bond acceptors (Lipinski definition) is 5. The van der Waals surface area contributed by atoms with Crippen molar-refractivity contribution < 1.29 is 4.79 Å². The van der Waals surface area contributed by atoms with Crippen LogP contribution >= 0.6 is 11.3 Å². The number of fused-ring (bicyclic) bond motifs is 3. The topological polar surface area (TPSA) is 58.1 Å². The third kappa shape index (κ3) is 3.05. The number of benzene rings is 1. The second-order valence-corrected chi connectivity index (χ2v) is 8.99. The zero-order chi connectivity index (χ0) is 19.1. The molecule has 1 saturated heterocycles. The molecular formula is C22H24N4OS. The summed E-state index contributed by atoms with van der Waals surface area (Å²) in [5.41, 5.74) is 2.59. The largest absolute Gasteiger partial charge is 0.354 e. The standard InChI is InChI=1S/C22H24N4OS/c1-14-7-8-16-18(11-14)28-22-20(16)21(24-13-25-22)26-10-9-23-19(27)12-17(26)15-5-3-2-4-6-15/h2-6,13-14,17H,7-12H2,1H3,(H,23,27)/t14-,17-/m0/s1. The molecule has 1 aromatic carbocycles. The van der Waals surface area contributed by atoms with Crippen LogP contribution in [-0.4, -0.2) is 29.0 Å². The number of carbonyl (C=O) groups excluding carboxylic acids is 1. The molecule has 1 aliphatic heterocycles. The first-order valence-electron chi connectivity index (χ1n) is 10.0. The Kier molecular flexibility index (Phi) is 4.51. The van der Waals surface area contributed by atoms with Crippen LogP contribution in [0.4, 0.5) is 5.82 Å². The summed E-state index contributed by atoms with van der Waals surface area (Å²) in [4.78, 5) is 26.6. The molecule has 1 N–H and O–H groups in total. The Balaban J connectivity index is 1.65. The molecule has 5 nitrogen and oxygen atoms in total. The van der Waals surface area contributed by atoms with Gasteiger partial charge in [-0.3, -0.25) is 4.79 Å². The first-order valence-corrected chi connectivity index (χ1v) is 10.9. The van der Waals surface area contributed by atoms with Gasteiger partial charge in [-0.1, -0.05) is 37.3 Å². The van der Waals surface area contributed by atoms with Crippen molar-refractivity contribution in [1.29, 1.82) is 0 Å². The molecule has 3 heterocycles. The molecule has 5 rings (SSSR count). The minimum absolute atomic E-state index is 0.0140. The Labute approximate surface area is 168 Å². The predicted octanol–water partition coefficient (Wildman–Crippen LogP) is 3.88. The van der Waals surface area contributed by atoms with Gasteiger partial charge in [-0.25, -0.2) is 9.97 Å². The molecule has 1 amide bonds. The normalized spacial score (nSPS) is 22.6. The number of rotatable bonds is 2. The molecule has 3 aromatic rings. The van der Waals surface area contributed by atoms with Gasteiger partial charge in [0.15, 0.2) is 0 Å². The van der Waals surface area contributed by atoms with Crippen LogP contribution in [-0.2, 0) is 17.6 Å². The fourth-order valence-electron chi connectivity index (χ4n) is 4.53. The van der Waals surface area contributed by atoms with Gasteiger partial charge in [-0.2, -0.15) is 0 Å². The van der Waals surface area contributed by atoms with Crippen LogP contribution in [0.25, 0.3) is 10.2 Å². The Morgan fingerprint density at radius 1 is 1.18 bits per heavy atom. The Morgan fingerprint density at radius 2 is 2.04 bits per heavy atom. The third-order valence-electron chi connectivity index (χ3n) is 5.96. The van der Waals surface area contributed by atoms with E-state index in [-0.39, 0.29) is 11.9 Å². The van der Waals surface area contributed by atoms with E-state index in [9.17, 15) is 4.79 Å². The van der Waals surface area contributed by atoms with Crippen molar-refractivity contribution in [2.24, 2.45) is 5.92 Å². The third-order valence-corrected chi connectivity index (χ3v) is 7.12. The second kappa shape index (κ2) is 7.17. The number of nitrogens with zero attached hydrogens (tertiary/aromatic N) is 3. The van der Waals surface area contributed by atoms with Crippen LogP contribution in [0.15, 0.2) is 36.7 Å². The van der Waals surface area contributed by atoms with E-state index in [0.717, 1.165) is 41.5 Å².